The normalized spacial score (nSPS) is 17.8. The van der Waals surface area contributed by atoms with Gasteiger partial charge in [0.2, 0.25) is 0 Å². The first-order chi connectivity index (χ1) is 9.70. The third-order valence-corrected chi connectivity index (χ3v) is 3.64. The molecule has 1 aromatic heterocycles. The van der Waals surface area contributed by atoms with Gasteiger partial charge in [0.15, 0.2) is 0 Å². The summed E-state index contributed by atoms with van der Waals surface area (Å²) in [4.78, 5) is 17.8. The molecular formula is C15H23N3O2. The summed E-state index contributed by atoms with van der Waals surface area (Å²) in [5, 5.41) is 3.59. The second-order valence-corrected chi connectivity index (χ2v) is 5.10. The Morgan fingerprint density at radius 2 is 2.25 bits per heavy atom. The fraction of sp³-hybridized carbons (Fsp3) is 0.600. The van der Waals surface area contributed by atoms with Crippen LogP contribution in [0.4, 0.5) is 4.79 Å². The molecular weight excluding hydrogens is 254 g/mol. The number of piperidine rings is 1. The number of amides is 1. The van der Waals surface area contributed by atoms with Gasteiger partial charge in [0.25, 0.3) is 0 Å². The first-order valence-electron chi connectivity index (χ1n) is 7.29. The first kappa shape index (κ1) is 14.8. The van der Waals surface area contributed by atoms with Crippen LogP contribution in [-0.4, -0.2) is 41.7 Å². The van der Waals surface area contributed by atoms with Crippen molar-refractivity contribution in [3.8, 4) is 0 Å². The van der Waals surface area contributed by atoms with E-state index in [-0.39, 0.29) is 12.1 Å². The molecule has 1 unspecified atom stereocenters. The van der Waals surface area contributed by atoms with Crippen LogP contribution in [0.1, 0.15) is 38.4 Å². The molecule has 1 N–H and O–H groups in total. The van der Waals surface area contributed by atoms with Gasteiger partial charge < -0.3 is 15.0 Å². The zero-order valence-corrected chi connectivity index (χ0v) is 12.2. The van der Waals surface area contributed by atoms with Gasteiger partial charge >= 0.3 is 6.09 Å². The molecule has 5 nitrogen and oxygen atoms in total. The van der Waals surface area contributed by atoms with Crippen LogP contribution >= 0.6 is 0 Å². The summed E-state index contributed by atoms with van der Waals surface area (Å²) in [7, 11) is 0. The molecule has 0 saturated carbocycles. The van der Waals surface area contributed by atoms with E-state index in [0.717, 1.165) is 31.6 Å². The van der Waals surface area contributed by atoms with Crippen LogP contribution in [0, 0.1) is 0 Å². The lowest BCUT2D eigenvalue weighted by Gasteiger charge is -2.33. The number of aromatic nitrogens is 1. The SMILES string of the molecule is CCOC(=O)N1CCC(NC(C)c2ccccn2)CC1. The zero-order valence-electron chi connectivity index (χ0n) is 12.2. The van der Waals surface area contributed by atoms with Crippen LogP contribution < -0.4 is 5.32 Å². The lowest BCUT2D eigenvalue weighted by Crippen LogP contribution is -2.45. The summed E-state index contributed by atoms with van der Waals surface area (Å²) in [5.74, 6) is 0. The Kier molecular flexibility index (Phi) is 5.35. The standard InChI is InChI=1S/C15H23N3O2/c1-3-20-15(19)18-10-7-13(8-11-18)17-12(2)14-6-4-5-9-16-14/h4-6,9,12-13,17H,3,7-8,10-11H2,1-2H3. The summed E-state index contributed by atoms with van der Waals surface area (Å²) in [6.45, 7) is 5.91. The van der Waals surface area contributed by atoms with E-state index in [9.17, 15) is 4.79 Å². The van der Waals surface area contributed by atoms with Crippen molar-refractivity contribution in [2.75, 3.05) is 19.7 Å². The Hall–Kier alpha value is -1.62. The highest BCUT2D eigenvalue weighted by atomic mass is 16.6. The van der Waals surface area contributed by atoms with E-state index in [1.807, 2.05) is 31.3 Å². The zero-order chi connectivity index (χ0) is 14.4. The average molecular weight is 277 g/mol. The highest BCUT2D eigenvalue weighted by molar-refractivity contribution is 5.67. The highest BCUT2D eigenvalue weighted by Crippen LogP contribution is 2.16. The van der Waals surface area contributed by atoms with E-state index in [1.165, 1.54) is 0 Å². The van der Waals surface area contributed by atoms with Crippen LogP contribution in [0.15, 0.2) is 24.4 Å². The van der Waals surface area contributed by atoms with Gasteiger partial charge in [-0.05, 0) is 38.8 Å². The smallest absolute Gasteiger partial charge is 0.409 e. The second-order valence-electron chi connectivity index (χ2n) is 5.10. The fourth-order valence-corrected chi connectivity index (χ4v) is 2.51. The molecule has 2 rings (SSSR count). The average Bonchev–Trinajstić information content (AvgIpc) is 2.49. The van der Waals surface area contributed by atoms with Crippen molar-refractivity contribution < 1.29 is 9.53 Å². The molecule has 0 radical (unpaired) electrons. The summed E-state index contributed by atoms with van der Waals surface area (Å²) in [6, 6.07) is 6.62. The fourth-order valence-electron chi connectivity index (χ4n) is 2.51. The van der Waals surface area contributed by atoms with E-state index in [4.69, 9.17) is 4.74 Å². The van der Waals surface area contributed by atoms with Crippen molar-refractivity contribution in [3.05, 3.63) is 30.1 Å². The van der Waals surface area contributed by atoms with Gasteiger partial charge in [0, 0.05) is 31.4 Å². The van der Waals surface area contributed by atoms with Crippen molar-refractivity contribution in [1.29, 1.82) is 0 Å². The quantitative estimate of drug-likeness (QED) is 0.918. The van der Waals surface area contributed by atoms with Gasteiger partial charge in [-0.25, -0.2) is 4.79 Å². The number of likely N-dealkylation sites (tertiary alicyclic amines) is 1. The predicted molar refractivity (Wildman–Crippen MR) is 77.4 cm³/mol. The van der Waals surface area contributed by atoms with E-state index >= 15 is 0 Å². The number of hydrogen-bond donors (Lipinski definition) is 1. The van der Waals surface area contributed by atoms with E-state index < -0.39 is 0 Å². The predicted octanol–water partition coefficient (Wildman–Crippen LogP) is 2.35. The third kappa shape index (κ3) is 3.93. The van der Waals surface area contributed by atoms with Crippen molar-refractivity contribution in [1.82, 2.24) is 15.2 Å². The van der Waals surface area contributed by atoms with Crippen LogP contribution in [0.5, 0.6) is 0 Å². The lowest BCUT2D eigenvalue weighted by molar-refractivity contribution is 0.0943. The van der Waals surface area contributed by atoms with Crippen molar-refractivity contribution >= 4 is 6.09 Å². The Balaban J connectivity index is 1.78. The molecule has 1 saturated heterocycles. The number of nitrogens with one attached hydrogen (secondary N) is 1. The molecule has 5 heteroatoms. The van der Waals surface area contributed by atoms with Crippen molar-refractivity contribution in [3.63, 3.8) is 0 Å². The van der Waals surface area contributed by atoms with Gasteiger partial charge in [0.05, 0.1) is 12.3 Å². The number of rotatable bonds is 4. The number of pyridine rings is 1. The van der Waals surface area contributed by atoms with Gasteiger partial charge in [-0.1, -0.05) is 6.07 Å². The van der Waals surface area contributed by atoms with Crippen LogP contribution in [0.2, 0.25) is 0 Å². The van der Waals surface area contributed by atoms with Crippen molar-refractivity contribution in [2.45, 2.75) is 38.8 Å². The molecule has 1 aliphatic rings. The third-order valence-electron chi connectivity index (χ3n) is 3.64. The largest absolute Gasteiger partial charge is 0.450 e. The van der Waals surface area contributed by atoms with Gasteiger partial charge in [-0.2, -0.15) is 0 Å². The number of ether oxygens (including phenoxy) is 1. The maximum Gasteiger partial charge on any atom is 0.409 e. The Morgan fingerprint density at radius 1 is 1.50 bits per heavy atom. The molecule has 2 heterocycles. The summed E-state index contributed by atoms with van der Waals surface area (Å²) >= 11 is 0. The summed E-state index contributed by atoms with van der Waals surface area (Å²) in [6.07, 6.45) is 3.53. The summed E-state index contributed by atoms with van der Waals surface area (Å²) in [5.41, 5.74) is 1.06. The highest BCUT2D eigenvalue weighted by Gasteiger charge is 2.24. The van der Waals surface area contributed by atoms with Gasteiger partial charge in [-0.3, -0.25) is 4.98 Å². The number of hydrogen-bond acceptors (Lipinski definition) is 4. The first-order valence-corrected chi connectivity index (χ1v) is 7.29. The molecule has 110 valence electrons. The molecule has 20 heavy (non-hydrogen) atoms. The topological polar surface area (TPSA) is 54.5 Å². The molecule has 0 aliphatic carbocycles. The van der Waals surface area contributed by atoms with E-state index in [2.05, 4.69) is 17.2 Å². The van der Waals surface area contributed by atoms with Crippen LogP contribution in [0.25, 0.3) is 0 Å². The molecule has 1 aromatic rings. The van der Waals surface area contributed by atoms with E-state index in [1.54, 1.807) is 4.90 Å². The monoisotopic (exact) mass is 277 g/mol. The van der Waals surface area contributed by atoms with Crippen LogP contribution in [-0.2, 0) is 4.74 Å². The van der Waals surface area contributed by atoms with Gasteiger partial charge in [-0.15, -0.1) is 0 Å². The molecule has 1 aliphatic heterocycles. The molecule has 1 fully saturated rings. The molecule has 0 spiro atoms. The minimum atomic E-state index is -0.191. The lowest BCUT2D eigenvalue weighted by atomic mass is 10.0. The molecule has 0 bridgehead atoms. The summed E-state index contributed by atoms with van der Waals surface area (Å²) < 4.78 is 5.02. The Labute approximate surface area is 120 Å². The molecule has 0 aromatic carbocycles. The van der Waals surface area contributed by atoms with E-state index in [0.29, 0.717) is 12.6 Å². The minimum absolute atomic E-state index is 0.191. The number of carbonyl (C=O) groups is 1. The number of nitrogens with zero attached hydrogens (tertiary/aromatic N) is 2. The second kappa shape index (κ2) is 7.24. The van der Waals surface area contributed by atoms with Crippen LogP contribution in [0.3, 0.4) is 0 Å². The maximum absolute atomic E-state index is 11.6. The molecule has 1 amide bonds. The minimum Gasteiger partial charge on any atom is -0.450 e. The van der Waals surface area contributed by atoms with Crippen molar-refractivity contribution in [2.24, 2.45) is 0 Å². The Bertz CT molecular complexity index is 416. The Morgan fingerprint density at radius 3 is 2.85 bits per heavy atom. The maximum atomic E-state index is 11.6. The number of carbonyl (C=O) groups excluding carboxylic acids is 1. The van der Waals surface area contributed by atoms with Gasteiger partial charge in [0.1, 0.15) is 0 Å². The molecule has 1 atom stereocenters.